The third kappa shape index (κ3) is 2.52. The molecule has 3 rings (SSSR count). The molecule has 1 N–H and O–H groups in total. The van der Waals surface area contributed by atoms with Gasteiger partial charge in [-0.15, -0.1) is 0 Å². The van der Waals surface area contributed by atoms with Gasteiger partial charge in [-0.2, -0.15) is 0 Å². The molecular weight excluding hydrogens is 240 g/mol. The topological polar surface area (TPSA) is 50.2 Å². The van der Waals surface area contributed by atoms with Crippen molar-refractivity contribution in [1.29, 1.82) is 0 Å². The van der Waals surface area contributed by atoms with Crippen molar-refractivity contribution in [3.05, 3.63) is 22.7 Å². The van der Waals surface area contributed by atoms with Crippen LogP contribution >= 0.6 is 0 Å². The molecule has 1 aromatic rings. The molecule has 5 nitrogen and oxygen atoms in total. The van der Waals surface area contributed by atoms with Crippen LogP contribution in [0.15, 0.2) is 17.2 Å². The van der Waals surface area contributed by atoms with E-state index in [0.29, 0.717) is 24.4 Å². The van der Waals surface area contributed by atoms with Crippen molar-refractivity contribution in [1.82, 2.24) is 14.5 Å². The Kier molecular flexibility index (Phi) is 3.55. The summed E-state index contributed by atoms with van der Waals surface area (Å²) in [6.07, 6.45) is 8.33. The molecule has 104 valence electrons. The highest BCUT2D eigenvalue weighted by Crippen LogP contribution is 2.27. The standard InChI is InChI=1S/C14H22N4O/c1-2-17-9-6-15-13(14(17)19)16-11-5-8-18-7-3-4-12(18)10-11/h6,9,11-12H,2-5,7-8,10H2,1H3,(H,15,16). The van der Waals surface area contributed by atoms with Crippen molar-refractivity contribution in [2.45, 2.75) is 51.2 Å². The van der Waals surface area contributed by atoms with E-state index in [0.717, 1.165) is 19.4 Å². The van der Waals surface area contributed by atoms with Crippen molar-refractivity contribution in [3.63, 3.8) is 0 Å². The lowest BCUT2D eigenvalue weighted by molar-refractivity contribution is 0.188. The molecule has 0 amide bonds. The van der Waals surface area contributed by atoms with Gasteiger partial charge in [-0.1, -0.05) is 0 Å². The largest absolute Gasteiger partial charge is 0.363 e. The van der Waals surface area contributed by atoms with Crippen LogP contribution in [-0.4, -0.2) is 39.6 Å². The monoisotopic (exact) mass is 262 g/mol. The molecule has 2 atom stereocenters. The van der Waals surface area contributed by atoms with Crippen molar-refractivity contribution < 1.29 is 0 Å². The normalized spacial score (nSPS) is 27.2. The molecule has 2 aliphatic rings. The van der Waals surface area contributed by atoms with Gasteiger partial charge in [0.25, 0.3) is 5.56 Å². The van der Waals surface area contributed by atoms with E-state index in [1.165, 1.54) is 19.4 Å². The summed E-state index contributed by atoms with van der Waals surface area (Å²) in [7, 11) is 0. The SMILES string of the molecule is CCn1ccnc(NC2CCN3CCCC3C2)c1=O. The Balaban J connectivity index is 1.70. The van der Waals surface area contributed by atoms with E-state index in [9.17, 15) is 4.79 Å². The summed E-state index contributed by atoms with van der Waals surface area (Å²) >= 11 is 0. The molecule has 2 saturated heterocycles. The van der Waals surface area contributed by atoms with Crippen molar-refractivity contribution >= 4 is 5.82 Å². The van der Waals surface area contributed by atoms with Gasteiger partial charge in [0.05, 0.1) is 0 Å². The summed E-state index contributed by atoms with van der Waals surface area (Å²) in [5.41, 5.74) is -0.00106. The zero-order valence-corrected chi connectivity index (χ0v) is 11.5. The lowest BCUT2D eigenvalue weighted by Crippen LogP contribution is -2.43. The van der Waals surface area contributed by atoms with Gasteiger partial charge in [0.15, 0.2) is 5.82 Å². The molecule has 0 saturated carbocycles. The van der Waals surface area contributed by atoms with Crippen LogP contribution < -0.4 is 10.9 Å². The quantitative estimate of drug-likeness (QED) is 0.892. The van der Waals surface area contributed by atoms with Gasteiger partial charge >= 0.3 is 0 Å². The number of anilines is 1. The van der Waals surface area contributed by atoms with Gasteiger partial charge < -0.3 is 14.8 Å². The minimum Gasteiger partial charge on any atom is -0.363 e. The van der Waals surface area contributed by atoms with Gasteiger partial charge in [0, 0.05) is 37.6 Å². The molecule has 0 spiro atoms. The predicted octanol–water partition coefficient (Wildman–Crippen LogP) is 1.30. The number of rotatable bonds is 3. The zero-order chi connectivity index (χ0) is 13.2. The maximum atomic E-state index is 12.1. The summed E-state index contributed by atoms with van der Waals surface area (Å²) < 4.78 is 1.69. The minimum atomic E-state index is -0.00106. The number of hydrogen-bond acceptors (Lipinski definition) is 4. The summed E-state index contributed by atoms with van der Waals surface area (Å²) in [6, 6.07) is 1.11. The van der Waals surface area contributed by atoms with Crippen LogP contribution in [0, 0.1) is 0 Å². The summed E-state index contributed by atoms with van der Waals surface area (Å²) in [5, 5.41) is 3.37. The van der Waals surface area contributed by atoms with E-state index in [1.807, 2.05) is 6.92 Å². The first kappa shape index (κ1) is 12.7. The van der Waals surface area contributed by atoms with Crippen molar-refractivity contribution in [2.24, 2.45) is 0 Å². The van der Waals surface area contributed by atoms with Crippen LogP contribution in [0.25, 0.3) is 0 Å². The van der Waals surface area contributed by atoms with E-state index >= 15 is 0 Å². The first-order valence-corrected chi connectivity index (χ1v) is 7.34. The smallest absolute Gasteiger partial charge is 0.293 e. The van der Waals surface area contributed by atoms with Crippen molar-refractivity contribution in [3.8, 4) is 0 Å². The molecule has 1 aromatic heterocycles. The van der Waals surface area contributed by atoms with Gasteiger partial charge in [0.2, 0.25) is 0 Å². The lowest BCUT2D eigenvalue weighted by atomic mass is 9.98. The highest BCUT2D eigenvalue weighted by atomic mass is 16.1. The number of hydrogen-bond donors (Lipinski definition) is 1. The van der Waals surface area contributed by atoms with E-state index in [4.69, 9.17) is 0 Å². The Hall–Kier alpha value is -1.36. The lowest BCUT2D eigenvalue weighted by Gasteiger charge is -2.35. The average molecular weight is 262 g/mol. The van der Waals surface area contributed by atoms with Crippen LogP contribution in [0.2, 0.25) is 0 Å². The van der Waals surface area contributed by atoms with Gasteiger partial charge in [-0.05, 0) is 39.2 Å². The molecule has 0 aromatic carbocycles. The Morgan fingerprint density at radius 2 is 2.32 bits per heavy atom. The van der Waals surface area contributed by atoms with Gasteiger partial charge in [-0.3, -0.25) is 4.79 Å². The Morgan fingerprint density at radius 3 is 3.16 bits per heavy atom. The Morgan fingerprint density at radius 1 is 1.42 bits per heavy atom. The molecule has 0 bridgehead atoms. The first-order valence-electron chi connectivity index (χ1n) is 7.34. The number of piperidine rings is 1. The predicted molar refractivity (Wildman–Crippen MR) is 75.4 cm³/mol. The van der Waals surface area contributed by atoms with E-state index in [1.54, 1.807) is 17.0 Å². The summed E-state index contributed by atoms with van der Waals surface area (Å²) in [5.74, 6) is 0.515. The molecule has 19 heavy (non-hydrogen) atoms. The second kappa shape index (κ2) is 5.33. The highest BCUT2D eigenvalue weighted by Gasteiger charge is 2.31. The van der Waals surface area contributed by atoms with Crippen LogP contribution in [0.5, 0.6) is 0 Å². The fourth-order valence-corrected chi connectivity index (χ4v) is 3.34. The fourth-order valence-electron chi connectivity index (χ4n) is 3.34. The maximum absolute atomic E-state index is 12.1. The fraction of sp³-hybridized carbons (Fsp3) is 0.714. The molecule has 2 unspecified atom stereocenters. The van der Waals surface area contributed by atoms with Gasteiger partial charge in [0.1, 0.15) is 0 Å². The van der Waals surface area contributed by atoms with Crippen LogP contribution in [0.3, 0.4) is 0 Å². The highest BCUT2D eigenvalue weighted by molar-refractivity contribution is 5.32. The zero-order valence-electron chi connectivity index (χ0n) is 11.5. The molecule has 2 aliphatic heterocycles. The number of nitrogens with one attached hydrogen (secondary N) is 1. The molecule has 2 fully saturated rings. The molecule has 0 aliphatic carbocycles. The average Bonchev–Trinajstić information content (AvgIpc) is 2.88. The van der Waals surface area contributed by atoms with Crippen LogP contribution in [0.4, 0.5) is 5.82 Å². The van der Waals surface area contributed by atoms with E-state index in [-0.39, 0.29) is 5.56 Å². The van der Waals surface area contributed by atoms with Crippen molar-refractivity contribution in [2.75, 3.05) is 18.4 Å². The van der Waals surface area contributed by atoms with Crippen LogP contribution in [-0.2, 0) is 6.54 Å². The first-order chi connectivity index (χ1) is 9.28. The molecule has 3 heterocycles. The third-order valence-corrected chi connectivity index (χ3v) is 4.42. The second-order valence-electron chi connectivity index (χ2n) is 5.56. The number of nitrogens with zero attached hydrogens (tertiary/aromatic N) is 3. The maximum Gasteiger partial charge on any atom is 0.293 e. The number of fused-ring (bicyclic) bond motifs is 1. The second-order valence-corrected chi connectivity index (χ2v) is 5.56. The summed E-state index contributed by atoms with van der Waals surface area (Å²) in [6.45, 7) is 5.07. The Bertz CT molecular complexity index is 498. The number of aromatic nitrogens is 2. The third-order valence-electron chi connectivity index (χ3n) is 4.42. The molecule has 0 radical (unpaired) electrons. The summed E-state index contributed by atoms with van der Waals surface area (Å²) in [4.78, 5) is 18.9. The van der Waals surface area contributed by atoms with E-state index in [2.05, 4.69) is 15.2 Å². The Labute approximate surface area is 113 Å². The van der Waals surface area contributed by atoms with Gasteiger partial charge in [-0.25, -0.2) is 4.98 Å². The number of aryl methyl sites for hydroxylation is 1. The minimum absolute atomic E-state index is 0.00106. The molecule has 5 heteroatoms. The van der Waals surface area contributed by atoms with E-state index < -0.39 is 0 Å². The molecular formula is C14H22N4O. The van der Waals surface area contributed by atoms with Crippen LogP contribution in [0.1, 0.15) is 32.6 Å².